The van der Waals surface area contributed by atoms with E-state index in [4.69, 9.17) is 0 Å². The van der Waals surface area contributed by atoms with Crippen LogP contribution in [0.4, 0.5) is 0 Å². The maximum atomic E-state index is 12.6. The lowest BCUT2D eigenvalue weighted by molar-refractivity contribution is -0.130. The average Bonchev–Trinajstić information content (AvgIpc) is 3.08. The number of carbonyl (C=O) groups excluding carboxylic acids is 1. The van der Waals surface area contributed by atoms with Crippen molar-refractivity contribution >= 4 is 23.2 Å². The van der Waals surface area contributed by atoms with E-state index in [9.17, 15) is 4.79 Å². The molecule has 1 unspecified atom stereocenters. The number of thiophene rings is 1. The highest BCUT2D eigenvalue weighted by Gasteiger charge is 2.20. The molecule has 1 aliphatic rings. The lowest BCUT2D eigenvalue weighted by Gasteiger charge is -2.29. The molecule has 0 spiro atoms. The molecule has 2 aromatic rings. The standard InChI is InChI=1S/C21H28N4OS/c1-15(12-19-9-8-16(2)27-19)24-21(22-3)23-13-20(26)25-11-10-17-6-4-5-7-18(17)14-25/h4-9,15H,10-14H2,1-3H3,(H2,22,23,24). The van der Waals surface area contributed by atoms with Crippen molar-refractivity contribution in [2.45, 2.75) is 39.3 Å². The summed E-state index contributed by atoms with van der Waals surface area (Å²) < 4.78 is 0. The highest BCUT2D eigenvalue weighted by atomic mass is 32.1. The summed E-state index contributed by atoms with van der Waals surface area (Å²) in [6.45, 7) is 5.98. The van der Waals surface area contributed by atoms with Crippen molar-refractivity contribution in [3.63, 3.8) is 0 Å². The van der Waals surface area contributed by atoms with Crippen LogP contribution in [0.25, 0.3) is 0 Å². The monoisotopic (exact) mass is 384 g/mol. The number of amides is 1. The Morgan fingerprint density at radius 3 is 2.74 bits per heavy atom. The molecule has 5 nitrogen and oxygen atoms in total. The molecule has 1 aliphatic heterocycles. The minimum atomic E-state index is 0.106. The van der Waals surface area contributed by atoms with Crippen LogP contribution in [0.5, 0.6) is 0 Å². The van der Waals surface area contributed by atoms with Gasteiger partial charge in [0.05, 0.1) is 6.54 Å². The predicted octanol–water partition coefficient (Wildman–Crippen LogP) is 2.74. The third-order valence-corrected chi connectivity index (χ3v) is 5.82. The van der Waals surface area contributed by atoms with Crippen molar-refractivity contribution < 1.29 is 4.79 Å². The first-order valence-electron chi connectivity index (χ1n) is 9.42. The molecule has 27 heavy (non-hydrogen) atoms. The molecule has 2 N–H and O–H groups in total. The maximum absolute atomic E-state index is 12.6. The Labute approximate surface area is 165 Å². The third kappa shape index (κ3) is 5.32. The molecule has 1 atom stereocenters. The van der Waals surface area contributed by atoms with Crippen LogP contribution in [-0.4, -0.2) is 42.9 Å². The quantitative estimate of drug-likeness (QED) is 0.616. The van der Waals surface area contributed by atoms with Gasteiger partial charge < -0.3 is 15.5 Å². The van der Waals surface area contributed by atoms with Crippen molar-refractivity contribution in [2.24, 2.45) is 4.99 Å². The molecule has 0 bridgehead atoms. The SMILES string of the molecule is CN=C(NCC(=O)N1CCc2ccccc2C1)NC(C)Cc1ccc(C)s1. The number of nitrogens with zero attached hydrogens (tertiary/aromatic N) is 2. The van der Waals surface area contributed by atoms with Crippen molar-refractivity contribution in [3.8, 4) is 0 Å². The van der Waals surface area contributed by atoms with E-state index in [-0.39, 0.29) is 18.5 Å². The van der Waals surface area contributed by atoms with E-state index in [2.05, 4.69) is 59.8 Å². The number of rotatable bonds is 5. The number of benzene rings is 1. The molecule has 0 saturated carbocycles. The fraction of sp³-hybridized carbons (Fsp3) is 0.429. The van der Waals surface area contributed by atoms with Gasteiger partial charge in [0.2, 0.25) is 5.91 Å². The fourth-order valence-corrected chi connectivity index (χ4v) is 4.37. The van der Waals surface area contributed by atoms with Crippen LogP contribution in [0.3, 0.4) is 0 Å². The normalized spacial score (nSPS) is 15.2. The number of hydrogen-bond donors (Lipinski definition) is 2. The van der Waals surface area contributed by atoms with Gasteiger partial charge >= 0.3 is 0 Å². The van der Waals surface area contributed by atoms with Crippen LogP contribution in [0.1, 0.15) is 27.8 Å². The van der Waals surface area contributed by atoms with E-state index in [1.807, 2.05) is 22.3 Å². The molecule has 0 radical (unpaired) electrons. The van der Waals surface area contributed by atoms with Crippen molar-refractivity contribution in [1.29, 1.82) is 0 Å². The molecule has 0 aliphatic carbocycles. The molecule has 144 valence electrons. The lowest BCUT2D eigenvalue weighted by Crippen LogP contribution is -2.48. The van der Waals surface area contributed by atoms with Gasteiger partial charge in [0.15, 0.2) is 5.96 Å². The Hall–Kier alpha value is -2.34. The van der Waals surface area contributed by atoms with Gasteiger partial charge in [-0.15, -0.1) is 11.3 Å². The first kappa shape index (κ1) is 19.4. The summed E-state index contributed by atoms with van der Waals surface area (Å²) in [5.41, 5.74) is 2.60. The predicted molar refractivity (Wildman–Crippen MR) is 112 cm³/mol. The summed E-state index contributed by atoms with van der Waals surface area (Å²) in [5.74, 6) is 0.774. The number of aliphatic imine (C=N–C) groups is 1. The maximum Gasteiger partial charge on any atom is 0.242 e. The highest BCUT2D eigenvalue weighted by Crippen LogP contribution is 2.18. The van der Waals surface area contributed by atoms with Crippen LogP contribution >= 0.6 is 11.3 Å². The van der Waals surface area contributed by atoms with E-state index >= 15 is 0 Å². The van der Waals surface area contributed by atoms with Crippen LogP contribution in [0.15, 0.2) is 41.4 Å². The topological polar surface area (TPSA) is 56.7 Å². The first-order chi connectivity index (χ1) is 13.0. The Morgan fingerprint density at radius 2 is 2.04 bits per heavy atom. The molecular formula is C21H28N4OS. The number of aryl methyl sites for hydroxylation is 1. The molecule has 1 aromatic heterocycles. The average molecular weight is 385 g/mol. The molecule has 1 aromatic carbocycles. The van der Waals surface area contributed by atoms with E-state index in [0.717, 1.165) is 19.4 Å². The molecule has 0 saturated heterocycles. The van der Waals surface area contributed by atoms with Gasteiger partial charge in [-0.2, -0.15) is 0 Å². The van der Waals surface area contributed by atoms with Crippen molar-refractivity contribution in [2.75, 3.05) is 20.1 Å². The van der Waals surface area contributed by atoms with Crippen molar-refractivity contribution in [1.82, 2.24) is 15.5 Å². The Morgan fingerprint density at radius 1 is 1.26 bits per heavy atom. The molecule has 1 amide bonds. The van der Waals surface area contributed by atoms with Gasteiger partial charge in [0.1, 0.15) is 0 Å². The zero-order valence-electron chi connectivity index (χ0n) is 16.3. The number of nitrogens with one attached hydrogen (secondary N) is 2. The molecular weight excluding hydrogens is 356 g/mol. The third-order valence-electron chi connectivity index (χ3n) is 4.80. The molecule has 0 fully saturated rings. The first-order valence-corrected chi connectivity index (χ1v) is 10.2. The minimum Gasteiger partial charge on any atom is -0.354 e. The van der Waals surface area contributed by atoms with Crippen LogP contribution in [0, 0.1) is 6.92 Å². The second-order valence-electron chi connectivity index (χ2n) is 7.02. The summed E-state index contributed by atoms with van der Waals surface area (Å²) in [7, 11) is 1.74. The highest BCUT2D eigenvalue weighted by molar-refractivity contribution is 7.11. The van der Waals surface area contributed by atoms with Gasteiger partial charge in [0.25, 0.3) is 0 Å². The van der Waals surface area contributed by atoms with Crippen molar-refractivity contribution in [3.05, 3.63) is 57.3 Å². The number of fused-ring (bicyclic) bond motifs is 1. The molecule has 3 rings (SSSR count). The second kappa shape index (κ2) is 9.04. The van der Waals surface area contributed by atoms with E-state index < -0.39 is 0 Å². The zero-order chi connectivity index (χ0) is 19.2. The summed E-state index contributed by atoms with van der Waals surface area (Å²) in [6.07, 6.45) is 1.86. The van der Waals surface area contributed by atoms with Gasteiger partial charge in [-0.1, -0.05) is 24.3 Å². The van der Waals surface area contributed by atoms with Crippen LogP contribution in [-0.2, 0) is 24.2 Å². The van der Waals surface area contributed by atoms with Gasteiger partial charge in [-0.05, 0) is 43.5 Å². The number of hydrogen-bond acceptors (Lipinski definition) is 3. The Bertz CT molecular complexity index is 814. The van der Waals surface area contributed by atoms with Crippen LogP contribution in [0.2, 0.25) is 0 Å². The van der Waals surface area contributed by atoms with Gasteiger partial charge in [0, 0.05) is 42.4 Å². The zero-order valence-corrected chi connectivity index (χ0v) is 17.1. The van der Waals surface area contributed by atoms with Gasteiger partial charge in [-0.3, -0.25) is 9.79 Å². The van der Waals surface area contributed by atoms with E-state index in [1.165, 1.54) is 20.9 Å². The summed E-state index contributed by atoms with van der Waals surface area (Å²) in [4.78, 5) is 21.4. The number of guanidine groups is 1. The van der Waals surface area contributed by atoms with Crippen LogP contribution < -0.4 is 10.6 Å². The Kier molecular flexibility index (Phi) is 6.50. The number of carbonyl (C=O) groups is 1. The van der Waals surface area contributed by atoms with Gasteiger partial charge in [-0.25, -0.2) is 0 Å². The lowest BCUT2D eigenvalue weighted by atomic mass is 10.00. The smallest absolute Gasteiger partial charge is 0.242 e. The summed E-state index contributed by atoms with van der Waals surface area (Å²) in [6, 6.07) is 12.9. The summed E-state index contributed by atoms with van der Waals surface area (Å²) >= 11 is 1.82. The molecule has 6 heteroatoms. The van der Waals surface area contributed by atoms with E-state index in [0.29, 0.717) is 12.5 Å². The second-order valence-corrected chi connectivity index (χ2v) is 8.39. The Balaban J connectivity index is 1.47. The molecule has 2 heterocycles. The summed E-state index contributed by atoms with van der Waals surface area (Å²) in [5, 5.41) is 6.54. The largest absolute Gasteiger partial charge is 0.354 e. The fourth-order valence-electron chi connectivity index (χ4n) is 3.36. The minimum absolute atomic E-state index is 0.106. The van der Waals surface area contributed by atoms with E-state index in [1.54, 1.807) is 7.05 Å².